The Balaban J connectivity index is 4.81. The van der Waals surface area contributed by atoms with Crippen molar-refractivity contribution in [2.24, 2.45) is 0 Å². The van der Waals surface area contributed by atoms with Gasteiger partial charge in [0.1, 0.15) is 6.11 Å². The standard InChI is InChI=1S/C6H10O5P2/c1-2-3-6(12-8,4-5-7)11-13(9)10/h2-3,7-8,12-13H,1H3,(H,9,10). The fourth-order valence-electron chi connectivity index (χ4n) is 0.645. The molecule has 0 saturated heterocycles. The quantitative estimate of drug-likeness (QED) is 0.369. The molecular formula is C6H10O5P2. The zero-order valence-corrected chi connectivity index (χ0v) is 8.81. The summed E-state index contributed by atoms with van der Waals surface area (Å²) in [6.45, 7) is 1.63. The number of hydrogen-bond acceptors (Lipinski definition) is 4. The molecule has 74 valence electrons. The first kappa shape index (κ1) is 12.6. The van der Waals surface area contributed by atoms with Crippen LogP contribution in [0.25, 0.3) is 0 Å². The number of hydrogen-bond donors (Lipinski definition) is 3. The van der Waals surface area contributed by atoms with E-state index in [4.69, 9.17) is 14.9 Å². The summed E-state index contributed by atoms with van der Waals surface area (Å²) in [6.07, 6.45) is 4.33. The van der Waals surface area contributed by atoms with Crippen molar-refractivity contribution in [3.05, 3.63) is 12.2 Å². The van der Waals surface area contributed by atoms with E-state index < -0.39 is 22.4 Å². The highest BCUT2D eigenvalue weighted by atomic mass is 31.1. The Bertz CT molecular complexity index is 266. The summed E-state index contributed by atoms with van der Waals surface area (Å²) in [7, 11) is -4.07. The van der Waals surface area contributed by atoms with Crippen molar-refractivity contribution in [3.63, 3.8) is 0 Å². The van der Waals surface area contributed by atoms with Crippen molar-refractivity contribution < 1.29 is 24.0 Å². The first-order chi connectivity index (χ1) is 6.10. The Hall–Kier alpha value is -0.360. The lowest BCUT2D eigenvalue weighted by molar-refractivity contribution is 0.236. The Morgan fingerprint density at radius 3 is 2.62 bits per heavy atom. The molecule has 0 aromatic heterocycles. The summed E-state index contributed by atoms with van der Waals surface area (Å²) in [6, 6.07) is 0. The van der Waals surface area contributed by atoms with E-state index in [1.54, 1.807) is 6.92 Å². The molecule has 3 atom stereocenters. The maximum absolute atomic E-state index is 10.4. The topological polar surface area (TPSA) is 87.0 Å². The zero-order chi connectivity index (χ0) is 10.3. The van der Waals surface area contributed by atoms with Gasteiger partial charge in [-0.05, 0) is 18.9 Å². The number of aliphatic hydroxyl groups is 1. The van der Waals surface area contributed by atoms with Crippen molar-refractivity contribution >= 4 is 17.1 Å². The van der Waals surface area contributed by atoms with E-state index in [1.165, 1.54) is 18.3 Å². The van der Waals surface area contributed by atoms with Crippen LogP contribution in [-0.2, 0) is 9.09 Å². The predicted molar refractivity (Wildman–Crippen MR) is 50.1 cm³/mol. The van der Waals surface area contributed by atoms with Crippen LogP contribution in [-0.4, -0.2) is 20.2 Å². The SMILES string of the molecule is CC=CC(C#CO)(O[PH](=O)O)PO. The average Bonchev–Trinajstić information content (AvgIpc) is 2.04. The predicted octanol–water partition coefficient (Wildman–Crippen LogP) is 0.577. The Morgan fingerprint density at radius 2 is 2.31 bits per heavy atom. The minimum atomic E-state index is -3.21. The van der Waals surface area contributed by atoms with Gasteiger partial charge in [0.25, 0.3) is 0 Å². The Labute approximate surface area is 78.2 Å². The van der Waals surface area contributed by atoms with E-state index in [-0.39, 0.29) is 0 Å². The third-order valence-electron chi connectivity index (χ3n) is 1.06. The summed E-state index contributed by atoms with van der Waals surface area (Å²) >= 11 is 0. The minimum absolute atomic E-state index is 0.852. The van der Waals surface area contributed by atoms with Gasteiger partial charge in [0.2, 0.25) is 0 Å². The minimum Gasteiger partial charge on any atom is -0.462 e. The molecule has 13 heavy (non-hydrogen) atoms. The molecular weight excluding hydrogens is 214 g/mol. The van der Waals surface area contributed by atoms with Crippen molar-refractivity contribution in [1.82, 2.24) is 0 Å². The third-order valence-corrected chi connectivity index (χ3v) is 2.48. The maximum atomic E-state index is 10.4. The van der Waals surface area contributed by atoms with Gasteiger partial charge in [0, 0.05) is 0 Å². The van der Waals surface area contributed by atoms with Crippen LogP contribution in [0.2, 0.25) is 0 Å². The van der Waals surface area contributed by atoms with Crippen LogP contribution in [0.4, 0.5) is 0 Å². The van der Waals surface area contributed by atoms with Crippen LogP contribution in [0.3, 0.4) is 0 Å². The van der Waals surface area contributed by atoms with Gasteiger partial charge in [-0.2, -0.15) is 0 Å². The molecule has 3 unspecified atom stereocenters. The van der Waals surface area contributed by atoms with E-state index in [0.29, 0.717) is 0 Å². The molecule has 0 aliphatic rings. The molecule has 0 amide bonds. The first-order valence-electron chi connectivity index (χ1n) is 3.23. The molecule has 0 bridgehead atoms. The molecule has 0 rings (SSSR count). The highest BCUT2D eigenvalue weighted by Crippen LogP contribution is 2.38. The van der Waals surface area contributed by atoms with Gasteiger partial charge >= 0.3 is 8.25 Å². The van der Waals surface area contributed by atoms with Crippen LogP contribution in [0.5, 0.6) is 0 Å². The van der Waals surface area contributed by atoms with Crippen molar-refractivity contribution in [2.45, 2.75) is 12.3 Å². The second-order valence-electron chi connectivity index (χ2n) is 1.95. The molecule has 0 radical (unpaired) electrons. The molecule has 0 fully saturated rings. The van der Waals surface area contributed by atoms with Crippen LogP contribution in [0, 0.1) is 12.0 Å². The highest BCUT2D eigenvalue weighted by molar-refractivity contribution is 7.37. The monoisotopic (exact) mass is 224 g/mol. The summed E-state index contributed by atoms with van der Waals surface area (Å²) in [5.74, 6) is 2.10. The van der Waals surface area contributed by atoms with Crippen molar-refractivity contribution in [1.29, 1.82) is 0 Å². The summed E-state index contributed by atoms with van der Waals surface area (Å²) < 4.78 is 14.9. The van der Waals surface area contributed by atoms with Crippen LogP contribution in [0.1, 0.15) is 6.92 Å². The second kappa shape index (κ2) is 6.15. The number of aliphatic hydroxyl groups excluding tert-OH is 1. The molecule has 0 saturated carbocycles. The summed E-state index contributed by atoms with van der Waals surface area (Å²) in [5.41, 5.74) is 0. The fourth-order valence-corrected chi connectivity index (χ4v) is 1.84. The van der Waals surface area contributed by atoms with Crippen LogP contribution >= 0.6 is 17.1 Å². The largest absolute Gasteiger partial charge is 0.462 e. The average molecular weight is 224 g/mol. The van der Waals surface area contributed by atoms with E-state index in [0.717, 1.165) is 0 Å². The molecule has 0 aromatic carbocycles. The van der Waals surface area contributed by atoms with Crippen LogP contribution in [0.15, 0.2) is 12.2 Å². The van der Waals surface area contributed by atoms with Gasteiger partial charge in [-0.15, -0.1) is 0 Å². The van der Waals surface area contributed by atoms with Crippen LogP contribution < -0.4 is 0 Å². The van der Waals surface area contributed by atoms with E-state index >= 15 is 0 Å². The van der Waals surface area contributed by atoms with Gasteiger partial charge < -0.3 is 14.9 Å². The second-order valence-corrected chi connectivity index (χ2v) is 3.65. The normalized spacial score (nSPS) is 18.4. The highest BCUT2D eigenvalue weighted by Gasteiger charge is 2.27. The molecule has 3 N–H and O–H groups in total. The molecule has 0 aromatic rings. The van der Waals surface area contributed by atoms with Gasteiger partial charge in [0.15, 0.2) is 5.34 Å². The Morgan fingerprint density at radius 1 is 1.69 bits per heavy atom. The Kier molecular flexibility index (Phi) is 5.98. The summed E-state index contributed by atoms with van der Waals surface area (Å²) in [5, 5.41) is 6.76. The lowest BCUT2D eigenvalue weighted by Gasteiger charge is -2.19. The van der Waals surface area contributed by atoms with Gasteiger partial charge in [0.05, 0.1) is 8.81 Å². The van der Waals surface area contributed by atoms with Gasteiger partial charge in [-0.1, -0.05) is 6.08 Å². The molecule has 0 aliphatic carbocycles. The van der Waals surface area contributed by atoms with E-state index in [1.807, 2.05) is 0 Å². The third kappa shape index (κ3) is 4.42. The lowest BCUT2D eigenvalue weighted by Crippen LogP contribution is -2.18. The van der Waals surface area contributed by atoms with Gasteiger partial charge in [-0.3, -0.25) is 9.09 Å². The van der Waals surface area contributed by atoms with Crippen molar-refractivity contribution in [3.8, 4) is 12.0 Å². The summed E-state index contributed by atoms with van der Waals surface area (Å²) in [4.78, 5) is 17.4. The zero-order valence-electron chi connectivity index (χ0n) is 6.81. The van der Waals surface area contributed by atoms with Gasteiger partial charge in [-0.25, -0.2) is 0 Å². The molecule has 0 spiro atoms. The van der Waals surface area contributed by atoms with E-state index in [2.05, 4.69) is 10.4 Å². The smallest absolute Gasteiger partial charge is 0.318 e. The number of rotatable bonds is 4. The fraction of sp³-hybridized carbons (Fsp3) is 0.333. The first-order valence-corrected chi connectivity index (χ1v) is 5.44. The van der Waals surface area contributed by atoms with Crippen molar-refractivity contribution in [2.75, 3.05) is 0 Å². The van der Waals surface area contributed by atoms with E-state index in [9.17, 15) is 4.57 Å². The molecule has 5 nitrogen and oxygen atoms in total. The molecule has 0 aliphatic heterocycles. The molecule has 0 heterocycles. The number of allylic oxidation sites excluding steroid dienone is 1. The lowest BCUT2D eigenvalue weighted by atomic mass is 10.3. The maximum Gasteiger partial charge on any atom is 0.318 e. The molecule has 7 heteroatoms.